The number of carboxylic acids is 1. The van der Waals surface area contributed by atoms with E-state index in [2.05, 4.69) is 10.4 Å². The van der Waals surface area contributed by atoms with Gasteiger partial charge in [-0.1, -0.05) is 10.3 Å². The van der Waals surface area contributed by atoms with Crippen LogP contribution in [0.5, 0.6) is 0 Å². The summed E-state index contributed by atoms with van der Waals surface area (Å²) in [6, 6.07) is 0. The second-order valence-corrected chi connectivity index (χ2v) is 5.24. The maximum absolute atomic E-state index is 10.8. The largest absolute Gasteiger partial charge is 0.544 e. The van der Waals surface area contributed by atoms with Crippen LogP contribution in [-0.4, -0.2) is 45.5 Å². The Morgan fingerprint density at radius 2 is 2.35 bits per heavy atom. The number of nitrogens with one attached hydrogen (secondary N) is 1. The molecule has 2 heterocycles. The predicted molar refractivity (Wildman–Crippen MR) is 53.6 cm³/mol. The summed E-state index contributed by atoms with van der Waals surface area (Å²) in [5.74, 6) is -4.07. The molecule has 2 unspecified atom stereocenters. The molecule has 96 valence electrons. The number of aliphatic carboxylic acids is 1. The highest BCUT2D eigenvalue weighted by Crippen LogP contribution is 2.25. The van der Waals surface area contributed by atoms with Crippen molar-refractivity contribution in [2.75, 3.05) is 6.54 Å². The van der Waals surface area contributed by atoms with Gasteiger partial charge in [-0.25, -0.2) is 0 Å². The van der Waals surface area contributed by atoms with Crippen molar-refractivity contribution in [1.29, 1.82) is 0 Å². The molecule has 7 nitrogen and oxygen atoms in total. The summed E-state index contributed by atoms with van der Waals surface area (Å²) >= 11 is 0. The number of hydrazine groups is 1. The summed E-state index contributed by atoms with van der Waals surface area (Å²) < 4.78 is 7.16. The number of hydrazone groups is 1. The maximum Gasteiger partial charge on any atom is 0.320 e. The number of nitrogens with zero attached hydrogens (tertiary/aromatic N) is 1. The van der Waals surface area contributed by atoms with Crippen molar-refractivity contribution in [1.82, 2.24) is 5.59 Å². The van der Waals surface area contributed by atoms with Crippen LogP contribution in [-0.2, 0) is 14.4 Å². The van der Waals surface area contributed by atoms with Gasteiger partial charge < -0.3 is 19.7 Å². The molecular weight excluding hydrogens is 228 g/mol. The van der Waals surface area contributed by atoms with Crippen LogP contribution < -0.4 is 10.7 Å². The van der Waals surface area contributed by atoms with E-state index in [0.29, 0.717) is 6.54 Å². The highest BCUT2D eigenvalue weighted by molar-refractivity contribution is 6.05. The molecule has 2 aliphatic heterocycles. The summed E-state index contributed by atoms with van der Waals surface area (Å²) in [7, 11) is 0. The molecule has 2 rings (SSSR count). The monoisotopic (exact) mass is 244 g/mol. The van der Waals surface area contributed by atoms with E-state index in [-0.39, 0.29) is 23.8 Å². The summed E-state index contributed by atoms with van der Waals surface area (Å²) in [6.07, 6.45) is 0.0987. The highest BCUT2D eigenvalue weighted by Gasteiger charge is 2.56. The SMILES string of the molecule is CC(C)(C)OC1CC2=[N+](C1)NOC2(O)C(=O)[O-]. The van der Waals surface area contributed by atoms with Crippen molar-refractivity contribution in [3.05, 3.63) is 0 Å². The normalized spacial score (nSPS) is 32.6. The first-order chi connectivity index (χ1) is 7.72. The van der Waals surface area contributed by atoms with Gasteiger partial charge in [-0.15, -0.1) is 0 Å². The Morgan fingerprint density at radius 3 is 2.88 bits per heavy atom. The van der Waals surface area contributed by atoms with Gasteiger partial charge in [-0.05, 0) is 20.8 Å². The van der Waals surface area contributed by atoms with Crippen molar-refractivity contribution < 1.29 is 29.3 Å². The quantitative estimate of drug-likeness (QED) is 0.541. The fourth-order valence-electron chi connectivity index (χ4n) is 2.04. The van der Waals surface area contributed by atoms with E-state index in [1.807, 2.05) is 20.8 Å². The summed E-state index contributed by atoms with van der Waals surface area (Å²) in [5.41, 5.74) is 2.24. The Labute approximate surface area is 98.6 Å². The van der Waals surface area contributed by atoms with Crippen molar-refractivity contribution in [2.24, 2.45) is 0 Å². The second-order valence-electron chi connectivity index (χ2n) is 5.24. The third-order valence-electron chi connectivity index (χ3n) is 2.62. The molecule has 0 aromatic heterocycles. The molecule has 2 atom stereocenters. The minimum atomic E-state index is -2.39. The fraction of sp³-hybridized carbons (Fsp3) is 0.800. The van der Waals surface area contributed by atoms with Crippen LogP contribution >= 0.6 is 0 Å². The standard InChI is InChI=1S/C10H16N2O5/c1-9(2,3)16-6-4-7-10(15,8(13)14)17-11-12(7)5-6/h6,11,15H,4-5H2,1-3H3. The van der Waals surface area contributed by atoms with E-state index >= 15 is 0 Å². The third kappa shape index (κ3) is 2.13. The number of carbonyl (C=O) groups excluding carboxylic acids is 1. The van der Waals surface area contributed by atoms with Gasteiger partial charge in [-0.2, -0.15) is 4.84 Å². The van der Waals surface area contributed by atoms with E-state index in [9.17, 15) is 15.0 Å². The average Bonchev–Trinajstić information content (AvgIpc) is 2.65. The number of rotatable bonds is 2. The van der Waals surface area contributed by atoms with Crippen molar-refractivity contribution in [3.8, 4) is 0 Å². The van der Waals surface area contributed by atoms with E-state index < -0.39 is 11.8 Å². The first-order valence-electron chi connectivity index (χ1n) is 5.41. The lowest BCUT2D eigenvalue weighted by molar-refractivity contribution is -0.626. The highest BCUT2D eigenvalue weighted by atomic mass is 16.8. The minimum absolute atomic E-state index is 0.188. The van der Waals surface area contributed by atoms with E-state index in [1.165, 1.54) is 4.68 Å². The van der Waals surface area contributed by atoms with Crippen LogP contribution in [0.25, 0.3) is 0 Å². The zero-order chi connectivity index (χ0) is 12.8. The Kier molecular flexibility index (Phi) is 2.64. The van der Waals surface area contributed by atoms with Crippen molar-refractivity contribution in [3.63, 3.8) is 0 Å². The maximum atomic E-state index is 10.8. The predicted octanol–water partition coefficient (Wildman–Crippen LogP) is -2.08. The van der Waals surface area contributed by atoms with Crippen LogP contribution in [0.3, 0.4) is 0 Å². The van der Waals surface area contributed by atoms with E-state index in [0.717, 1.165) is 0 Å². The van der Waals surface area contributed by atoms with Gasteiger partial charge in [0.2, 0.25) is 6.54 Å². The molecule has 0 radical (unpaired) electrons. The lowest BCUT2D eigenvalue weighted by atomic mass is 10.1. The molecule has 0 amide bonds. The van der Waals surface area contributed by atoms with E-state index in [1.54, 1.807) is 0 Å². The Balaban J connectivity index is 2.09. The molecule has 0 fully saturated rings. The Bertz CT molecular complexity index is 387. The molecule has 2 aliphatic rings. The number of carboxylic acid groups (broad SMARTS) is 1. The van der Waals surface area contributed by atoms with Crippen LogP contribution in [0.1, 0.15) is 27.2 Å². The van der Waals surface area contributed by atoms with Crippen LogP contribution in [0.15, 0.2) is 0 Å². The lowest BCUT2D eigenvalue weighted by Crippen LogP contribution is -2.54. The molecule has 0 aromatic carbocycles. The second kappa shape index (κ2) is 3.66. The number of ether oxygens (including phenoxy) is 1. The van der Waals surface area contributed by atoms with Crippen molar-refractivity contribution in [2.45, 2.75) is 44.7 Å². The minimum Gasteiger partial charge on any atom is -0.544 e. The molecule has 0 aliphatic carbocycles. The van der Waals surface area contributed by atoms with Crippen LogP contribution in [0.4, 0.5) is 0 Å². The molecule has 0 spiro atoms. The average molecular weight is 244 g/mol. The molecule has 17 heavy (non-hydrogen) atoms. The third-order valence-corrected chi connectivity index (χ3v) is 2.62. The van der Waals surface area contributed by atoms with Gasteiger partial charge in [0.25, 0.3) is 5.71 Å². The number of hydrogen-bond acceptors (Lipinski definition) is 6. The number of aliphatic hydroxyl groups is 1. The smallest absolute Gasteiger partial charge is 0.320 e. The van der Waals surface area contributed by atoms with Gasteiger partial charge in [0, 0.05) is 0 Å². The zero-order valence-electron chi connectivity index (χ0n) is 10.0. The molecule has 0 aromatic rings. The van der Waals surface area contributed by atoms with Gasteiger partial charge in [0.1, 0.15) is 12.1 Å². The first kappa shape index (κ1) is 12.3. The summed E-state index contributed by atoms with van der Waals surface area (Å²) in [6.45, 7) is 6.16. The molecule has 7 heteroatoms. The van der Waals surface area contributed by atoms with Gasteiger partial charge in [0.15, 0.2) is 0 Å². The first-order valence-corrected chi connectivity index (χ1v) is 5.41. The summed E-state index contributed by atoms with van der Waals surface area (Å²) in [4.78, 5) is 15.5. The molecular formula is C10H16N2O5. The number of hydrogen-bond donors (Lipinski definition) is 2. The summed E-state index contributed by atoms with van der Waals surface area (Å²) in [5, 5.41) is 20.6. The van der Waals surface area contributed by atoms with Gasteiger partial charge >= 0.3 is 5.79 Å². The van der Waals surface area contributed by atoms with Crippen LogP contribution in [0.2, 0.25) is 0 Å². The van der Waals surface area contributed by atoms with E-state index in [4.69, 9.17) is 4.74 Å². The zero-order valence-corrected chi connectivity index (χ0v) is 10.0. The van der Waals surface area contributed by atoms with Crippen LogP contribution in [0, 0.1) is 0 Å². The topological polar surface area (TPSA) is 93.9 Å². The molecule has 2 N–H and O–H groups in total. The van der Waals surface area contributed by atoms with Crippen molar-refractivity contribution >= 4 is 11.7 Å². The molecule has 0 bridgehead atoms. The molecule has 0 saturated heterocycles. The fourth-order valence-corrected chi connectivity index (χ4v) is 2.04. The number of carbonyl (C=O) groups is 1. The molecule has 0 saturated carbocycles. The lowest BCUT2D eigenvalue weighted by Gasteiger charge is -2.24. The van der Waals surface area contributed by atoms with Gasteiger partial charge in [0.05, 0.1) is 12.0 Å². The Hall–Kier alpha value is -1.18. The Morgan fingerprint density at radius 1 is 1.71 bits per heavy atom. The van der Waals surface area contributed by atoms with Gasteiger partial charge in [-0.3, -0.25) is 0 Å².